The number of nitrogens with one attached hydrogen (secondary N) is 2. The summed E-state index contributed by atoms with van der Waals surface area (Å²) in [5.74, 6) is 1.73. The number of hydrogen-bond acceptors (Lipinski definition) is 4. The maximum Gasteiger partial charge on any atom is 0.209 e. The third-order valence-electron chi connectivity index (χ3n) is 4.82. The Morgan fingerprint density at radius 2 is 2.12 bits per heavy atom. The predicted octanol–water partition coefficient (Wildman–Crippen LogP) is 3.35. The molecule has 5 rings (SSSR count). The first kappa shape index (κ1) is 15.5. The minimum absolute atomic E-state index is 0.289. The number of H-pyrrole nitrogens is 2. The van der Waals surface area contributed by atoms with Crippen LogP contribution in [-0.4, -0.2) is 50.3 Å². The summed E-state index contributed by atoms with van der Waals surface area (Å²) < 4.78 is 0. The fourth-order valence-corrected chi connectivity index (χ4v) is 4.70. The Morgan fingerprint density at radius 1 is 1.19 bits per heavy atom. The van der Waals surface area contributed by atoms with Crippen LogP contribution in [0, 0.1) is 0 Å². The Balaban J connectivity index is 1.57. The zero-order valence-electron chi connectivity index (χ0n) is 14.0. The number of para-hydroxylation sites is 2. The smallest absolute Gasteiger partial charge is 0.209 e. The van der Waals surface area contributed by atoms with Gasteiger partial charge in [0, 0.05) is 29.5 Å². The van der Waals surface area contributed by atoms with E-state index >= 15 is 0 Å². The lowest BCUT2D eigenvalue weighted by Gasteiger charge is -2.29. The molecule has 1 aliphatic rings. The number of aromatic amines is 2. The van der Waals surface area contributed by atoms with Crippen molar-refractivity contribution in [3.05, 3.63) is 48.0 Å². The van der Waals surface area contributed by atoms with Crippen LogP contribution in [0.25, 0.3) is 33.5 Å². The number of nitrogens with zero attached hydrogens (tertiary/aromatic N) is 3. The molecule has 2 aromatic carbocycles. The molecule has 4 aromatic rings. The van der Waals surface area contributed by atoms with Crippen molar-refractivity contribution in [3.8, 4) is 11.5 Å². The first-order valence-electron chi connectivity index (χ1n) is 8.56. The van der Waals surface area contributed by atoms with Gasteiger partial charge in [0.25, 0.3) is 0 Å². The highest BCUT2D eigenvalue weighted by Crippen LogP contribution is 2.35. The highest BCUT2D eigenvalue weighted by molar-refractivity contribution is 7.99. The van der Waals surface area contributed by atoms with Crippen LogP contribution < -0.4 is 0 Å². The fraction of sp³-hybridized carbons (Fsp3) is 0.211. The quantitative estimate of drug-likeness (QED) is 0.547. The molecule has 0 bridgehead atoms. The highest BCUT2D eigenvalue weighted by atomic mass is 32.2. The lowest BCUT2D eigenvalue weighted by molar-refractivity contribution is -0.118. The van der Waals surface area contributed by atoms with Gasteiger partial charge in [-0.15, -0.1) is 0 Å². The molecule has 0 radical (unpaired) electrons. The van der Waals surface area contributed by atoms with Gasteiger partial charge < -0.3 is 9.88 Å². The van der Waals surface area contributed by atoms with E-state index in [9.17, 15) is 4.79 Å². The van der Waals surface area contributed by atoms with Crippen LogP contribution in [0.4, 0.5) is 0 Å². The number of amides is 1. The third kappa shape index (κ3) is 2.55. The van der Waals surface area contributed by atoms with Gasteiger partial charge >= 0.3 is 0 Å². The second kappa shape index (κ2) is 6.17. The molecular formula is C19H17N5OS. The summed E-state index contributed by atoms with van der Waals surface area (Å²) in [5, 5.41) is 8.92. The Morgan fingerprint density at radius 3 is 3.00 bits per heavy atom. The summed E-state index contributed by atoms with van der Waals surface area (Å²) in [5.41, 5.74) is 4.95. The van der Waals surface area contributed by atoms with Crippen LogP contribution in [-0.2, 0) is 4.79 Å². The molecule has 1 aliphatic heterocycles. The highest BCUT2D eigenvalue weighted by Gasteiger charge is 2.22. The van der Waals surface area contributed by atoms with E-state index in [1.807, 2.05) is 40.9 Å². The number of fused-ring (bicyclic) bond motifs is 2. The molecule has 3 heterocycles. The summed E-state index contributed by atoms with van der Waals surface area (Å²) in [6.07, 6.45) is 0.947. The van der Waals surface area contributed by atoms with Crippen molar-refractivity contribution in [2.24, 2.45) is 0 Å². The second-order valence-corrected chi connectivity index (χ2v) is 7.75. The minimum atomic E-state index is 0.289. The van der Waals surface area contributed by atoms with Crippen LogP contribution >= 0.6 is 11.8 Å². The summed E-state index contributed by atoms with van der Waals surface area (Å²) in [4.78, 5) is 21.0. The molecule has 2 N–H and O–H groups in total. The zero-order valence-corrected chi connectivity index (χ0v) is 14.8. The lowest BCUT2D eigenvalue weighted by Crippen LogP contribution is -2.33. The Hall–Kier alpha value is -2.80. The van der Waals surface area contributed by atoms with Crippen molar-refractivity contribution < 1.29 is 4.79 Å². The van der Waals surface area contributed by atoms with Crippen LogP contribution in [0.2, 0.25) is 0 Å². The molecule has 1 fully saturated rings. The molecule has 1 atom stereocenters. The minimum Gasteiger partial charge on any atom is -0.343 e. The van der Waals surface area contributed by atoms with E-state index in [0.717, 1.165) is 58.7 Å². The Labute approximate surface area is 154 Å². The number of benzene rings is 2. The molecule has 6 nitrogen and oxygen atoms in total. The molecule has 1 amide bonds. The fourth-order valence-electron chi connectivity index (χ4n) is 3.44. The van der Waals surface area contributed by atoms with Gasteiger partial charge in [-0.25, -0.2) is 4.98 Å². The van der Waals surface area contributed by atoms with Gasteiger partial charge in [0.05, 0.1) is 16.6 Å². The number of rotatable bonds is 3. The van der Waals surface area contributed by atoms with Gasteiger partial charge in [0.2, 0.25) is 6.41 Å². The number of aromatic nitrogens is 4. The molecular weight excluding hydrogens is 346 g/mol. The van der Waals surface area contributed by atoms with E-state index in [1.54, 1.807) is 0 Å². The number of carbonyl (C=O) groups excluding carboxylic acids is 1. The van der Waals surface area contributed by atoms with E-state index in [-0.39, 0.29) is 5.25 Å². The van der Waals surface area contributed by atoms with Crippen molar-refractivity contribution in [2.45, 2.75) is 5.25 Å². The van der Waals surface area contributed by atoms with Gasteiger partial charge in [-0.1, -0.05) is 18.2 Å². The number of hydrogen-bond donors (Lipinski definition) is 2. The van der Waals surface area contributed by atoms with Gasteiger partial charge in [0.15, 0.2) is 5.82 Å². The predicted molar refractivity (Wildman–Crippen MR) is 104 cm³/mol. The van der Waals surface area contributed by atoms with Crippen LogP contribution in [0.5, 0.6) is 0 Å². The molecule has 0 saturated carbocycles. The molecule has 7 heteroatoms. The molecule has 130 valence electrons. The lowest BCUT2D eigenvalue weighted by atomic mass is 10.1. The van der Waals surface area contributed by atoms with Crippen molar-refractivity contribution in [1.82, 2.24) is 25.1 Å². The SMILES string of the molecule is O=CN1CCSC(c2ccc3[nH]nc(-c4nc5ccccc5[nH]4)c3c2)C1. The third-order valence-corrected chi connectivity index (χ3v) is 6.06. The van der Waals surface area contributed by atoms with E-state index < -0.39 is 0 Å². The van der Waals surface area contributed by atoms with E-state index in [2.05, 4.69) is 38.4 Å². The zero-order chi connectivity index (χ0) is 17.5. The molecule has 1 unspecified atom stereocenters. The second-order valence-electron chi connectivity index (χ2n) is 6.44. The monoisotopic (exact) mass is 363 g/mol. The summed E-state index contributed by atoms with van der Waals surface area (Å²) in [6, 6.07) is 14.3. The van der Waals surface area contributed by atoms with Crippen molar-refractivity contribution in [3.63, 3.8) is 0 Å². The summed E-state index contributed by atoms with van der Waals surface area (Å²) in [7, 11) is 0. The van der Waals surface area contributed by atoms with Gasteiger partial charge in [0.1, 0.15) is 5.69 Å². The number of carbonyl (C=O) groups is 1. The molecule has 0 aliphatic carbocycles. The number of thioether (sulfide) groups is 1. The molecule has 2 aromatic heterocycles. The first-order chi connectivity index (χ1) is 12.8. The summed E-state index contributed by atoms with van der Waals surface area (Å²) >= 11 is 1.90. The molecule has 0 spiro atoms. The maximum absolute atomic E-state index is 11.1. The number of imidazole rings is 1. The van der Waals surface area contributed by atoms with Gasteiger partial charge in [-0.05, 0) is 29.8 Å². The van der Waals surface area contributed by atoms with Crippen molar-refractivity contribution in [2.75, 3.05) is 18.8 Å². The van der Waals surface area contributed by atoms with E-state index in [0.29, 0.717) is 0 Å². The van der Waals surface area contributed by atoms with Crippen molar-refractivity contribution >= 4 is 40.1 Å². The van der Waals surface area contributed by atoms with Crippen LogP contribution in [0.3, 0.4) is 0 Å². The Kier molecular flexibility index (Phi) is 3.67. The van der Waals surface area contributed by atoms with Crippen LogP contribution in [0.1, 0.15) is 10.8 Å². The average molecular weight is 363 g/mol. The summed E-state index contributed by atoms with van der Waals surface area (Å²) in [6.45, 7) is 1.57. The topological polar surface area (TPSA) is 77.7 Å². The van der Waals surface area contributed by atoms with Crippen LogP contribution in [0.15, 0.2) is 42.5 Å². The van der Waals surface area contributed by atoms with E-state index in [4.69, 9.17) is 0 Å². The van der Waals surface area contributed by atoms with Crippen molar-refractivity contribution in [1.29, 1.82) is 0 Å². The standard InChI is InChI=1S/C19H17N5OS/c25-11-24-7-8-26-17(10-24)12-5-6-14-13(9-12)18(23-22-14)19-20-15-3-1-2-4-16(15)21-19/h1-6,9,11,17H,7-8,10H2,(H,20,21)(H,22,23). The maximum atomic E-state index is 11.1. The van der Waals surface area contributed by atoms with E-state index in [1.165, 1.54) is 5.56 Å². The first-order valence-corrected chi connectivity index (χ1v) is 9.61. The molecule has 1 saturated heterocycles. The normalized spacial score (nSPS) is 17.8. The van der Waals surface area contributed by atoms with Gasteiger partial charge in [-0.3, -0.25) is 9.89 Å². The average Bonchev–Trinajstić information content (AvgIpc) is 3.31. The molecule has 26 heavy (non-hydrogen) atoms. The largest absolute Gasteiger partial charge is 0.343 e. The Bertz CT molecular complexity index is 1070. The van der Waals surface area contributed by atoms with Gasteiger partial charge in [-0.2, -0.15) is 16.9 Å².